The summed E-state index contributed by atoms with van der Waals surface area (Å²) in [6.45, 7) is 2.87. The van der Waals surface area contributed by atoms with Crippen LogP contribution in [0.5, 0.6) is 0 Å². The summed E-state index contributed by atoms with van der Waals surface area (Å²) in [5.74, 6) is 2.12. The molecular weight excluding hydrogens is 305 g/mol. The van der Waals surface area contributed by atoms with Crippen molar-refractivity contribution in [3.63, 3.8) is 0 Å². The fourth-order valence-electron chi connectivity index (χ4n) is 1.55. The number of hydrogen-bond acceptors (Lipinski definition) is 4. The van der Waals surface area contributed by atoms with Gasteiger partial charge in [-0.25, -0.2) is 0 Å². The lowest BCUT2D eigenvalue weighted by Gasteiger charge is -2.27. The molecule has 0 spiro atoms. The number of thioether (sulfide) groups is 1. The topological polar surface area (TPSA) is 54.0 Å². The van der Waals surface area contributed by atoms with E-state index in [0.29, 0.717) is 11.7 Å². The molecule has 1 aliphatic heterocycles. The molecule has 108 valence electrons. The largest absolute Gasteiger partial charge is 0.355 e. The third kappa shape index (κ3) is 7.01. The lowest BCUT2D eigenvalue weighted by Crippen LogP contribution is -2.48. The van der Waals surface area contributed by atoms with E-state index in [4.69, 9.17) is 0 Å². The third-order valence-corrected chi connectivity index (χ3v) is 3.68. The van der Waals surface area contributed by atoms with Gasteiger partial charge in [-0.05, 0) is 11.6 Å². The summed E-state index contributed by atoms with van der Waals surface area (Å²) in [6, 6.07) is 3.94. The van der Waals surface area contributed by atoms with Crippen molar-refractivity contribution < 1.29 is 4.79 Å². The van der Waals surface area contributed by atoms with Gasteiger partial charge in [0.05, 0.1) is 5.75 Å². The molecule has 1 fully saturated rings. The Labute approximate surface area is 130 Å². The molecule has 7 heteroatoms. The minimum absolute atomic E-state index is 0. The highest BCUT2D eigenvalue weighted by Gasteiger charge is 2.16. The molecule has 0 bridgehead atoms. The van der Waals surface area contributed by atoms with Crippen molar-refractivity contribution in [3.8, 4) is 0 Å². The molecule has 4 nitrogen and oxygen atoms in total. The van der Waals surface area contributed by atoms with Crippen molar-refractivity contribution >= 4 is 42.5 Å². The molecule has 1 amide bonds. The van der Waals surface area contributed by atoms with Crippen LogP contribution in [0.1, 0.15) is 5.56 Å². The maximum atomic E-state index is 11.5. The molecule has 1 aromatic rings. The Bertz CT molecular complexity index is 363. The summed E-state index contributed by atoms with van der Waals surface area (Å²) in [7, 11) is 0. The van der Waals surface area contributed by atoms with Gasteiger partial charge in [0.1, 0.15) is 0 Å². The van der Waals surface area contributed by atoms with Gasteiger partial charge in [-0.3, -0.25) is 9.78 Å². The highest BCUT2D eigenvalue weighted by atomic mass is 35.5. The quantitative estimate of drug-likeness (QED) is 0.833. The van der Waals surface area contributed by atoms with Crippen LogP contribution in [0.2, 0.25) is 0 Å². The van der Waals surface area contributed by atoms with Gasteiger partial charge in [0, 0.05) is 43.7 Å². The normalized spacial score (nSPS) is 13.7. The van der Waals surface area contributed by atoms with Gasteiger partial charge >= 0.3 is 0 Å². The predicted octanol–water partition coefficient (Wildman–Crippen LogP) is 1.49. The molecule has 0 radical (unpaired) electrons. The van der Waals surface area contributed by atoms with Crippen molar-refractivity contribution in [1.82, 2.24) is 15.6 Å². The van der Waals surface area contributed by atoms with Gasteiger partial charge in [-0.2, -0.15) is 0 Å². The minimum atomic E-state index is 0. The number of rotatable bonds is 6. The Morgan fingerprint density at radius 1 is 1.47 bits per heavy atom. The Morgan fingerprint density at radius 3 is 2.84 bits per heavy atom. The molecule has 1 aromatic heterocycles. The molecule has 0 unspecified atom stereocenters. The first-order valence-electron chi connectivity index (χ1n) is 5.78. The van der Waals surface area contributed by atoms with Crippen molar-refractivity contribution in [1.29, 1.82) is 0 Å². The number of halogens is 2. The Morgan fingerprint density at radius 2 is 2.26 bits per heavy atom. The lowest BCUT2D eigenvalue weighted by atomic mass is 10.0. The molecule has 19 heavy (non-hydrogen) atoms. The summed E-state index contributed by atoms with van der Waals surface area (Å²) < 4.78 is 0. The van der Waals surface area contributed by atoms with Crippen LogP contribution in [-0.4, -0.2) is 36.3 Å². The molecule has 1 saturated heterocycles. The molecule has 0 saturated carbocycles. The highest BCUT2D eigenvalue weighted by molar-refractivity contribution is 7.99. The molecule has 2 heterocycles. The smallest absolute Gasteiger partial charge is 0.230 e. The summed E-state index contributed by atoms with van der Waals surface area (Å²) in [5.41, 5.74) is 1.16. The second-order valence-corrected chi connectivity index (χ2v) is 5.17. The van der Waals surface area contributed by atoms with Crippen molar-refractivity contribution in [2.75, 3.05) is 25.4 Å². The number of aromatic nitrogens is 1. The molecule has 0 atom stereocenters. The van der Waals surface area contributed by atoms with Gasteiger partial charge in [-0.15, -0.1) is 36.6 Å². The van der Waals surface area contributed by atoms with E-state index in [1.807, 2.05) is 18.3 Å². The fourth-order valence-corrected chi connectivity index (χ4v) is 2.34. The lowest BCUT2D eigenvalue weighted by molar-refractivity contribution is -0.118. The van der Waals surface area contributed by atoms with E-state index >= 15 is 0 Å². The van der Waals surface area contributed by atoms with E-state index in [1.54, 1.807) is 18.0 Å². The van der Waals surface area contributed by atoms with Gasteiger partial charge in [0.2, 0.25) is 5.91 Å². The Kier molecular flexibility index (Phi) is 10.0. The van der Waals surface area contributed by atoms with E-state index in [1.165, 1.54) is 0 Å². The van der Waals surface area contributed by atoms with Crippen LogP contribution >= 0.6 is 36.6 Å². The first-order valence-corrected chi connectivity index (χ1v) is 6.94. The zero-order valence-electron chi connectivity index (χ0n) is 10.5. The standard InChI is InChI=1S/C12H17N3OS.2ClH/c16-12(15-7-11-5-14-6-11)9-17-8-10-2-1-3-13-4-10;;/h1-4,11,14H,5-9H2,(H,15,16);2*1H. The maximum Gasteiger partial charge on any atom is 0.230 e. The summed E-state index contributed by atoms with van der Waals surface area (Å²) in [5, 5.41) is 6.14. The van der Waals surface area contributed by atoms with Crippen LogP contribution in [0.25, 0.3) is 0 Å². The molecule has 1 aliphatic rings. The van der Waals surface area contributed by atoms with Crippen LogP contribution in [-0.2, 0) is 10.5 Å². The van der Waals surface area contributed by atoms with Gasteiger partial charge in [0.25, 0.3) is 0 Å². The number of nitrogens with zero attached hydrogens (tertiary/aromatic N) is 1. The summed E-state index contributed by atoms with van der Waals surface area (Å²) in [6.07, 6.45) is 3.60. The molecule has 0 aliphatic carbocycles. The zero-order valence-corrected chi connectivity index (χ0v) is 13.0. The molecule has 2 N–H and O–H groups in total. The number of hydrogen-bond donors (Lipinski definition) is 2. The fraction of sp³-hybridized carbons (Fsp3) is 0.500. The number of nitrogens with one attached hydrogen (secondary N) is 2. The molecule has 0 aromatic carbocycles. The Balaban J connectivity index is 0.00000162. The molecule has 2 rings (SSSR count). The number of carbonyl (C=O) groups is 1. The maximum absolute atomic E-state index is 11.5. The number of carbonyl (C=O) groups excluding carboxylic acids is 1. The predicted molar refractivity (Wildman–Crippen MR) is 84.3 cm³/mol. The summed E-state index contributed by atoms with van der Waals surface area (Å²) in [4.78, 5) is 15.5. The monoisotopic (exact) mass is 323 g/mol. The average Bonchev–Trinajstić information content (AvgIpc) is 2.28. The van der Waals surface area contributed by atoms with E-state index in [0.717, 1.165) is 31.0 Å². The van der Waals surface area contributed by atoms with Crippen molar-refractivity contribution in [3.05, 3.63) is 30.1 Å². The van der Waals surface area contributed by atoms with Crippen molar-refractivity contribution in [2.24, 2.45) is 5.92 Å². The Hall–Kier alpha value is -0.490. The zero-order chi connectivity index (χ0) is 11.9. The first kappa shape index (κ1) is 18.5. The van der Waals surface area contributed by atoms with Crippen LogP contribution in [0, 0.1) is 5.92 Å². The highest BCUT2D eigenvalue weighted by Crippen LogP contribution is 2.10. The second kappa shape index (κ2) is 10.3. The second-order valence-electron chi connectivity index (χ2n) is 4.18. The molecular formula is C12H19Cl2N3OS. The van der Waals surface area contributed by atoms with Crippen LogP contribution in [0.3, 0.4) is 0 Å². The summed E-state index contributed by atoms with van der Waals surface area (Å²) >= 11 is 1.62. The third-order valence-electron chi connectivity index (χ3n) is 2.68. The van der Waals surface area contributed by atoms with E-state index in [-0.39, 0.29) is 30.7 Å². The van der Waals surface area contributed by atoms with Gasteiger partial charge in [-0.1, -0.05) is 6.07 Å². The first-order chi connectivity index (χ1) is 8.34. The number of amides is 1. The van der Waals surface area contributed by atoms with Crippen LogP contribution < -0.4 is 10.6 Å². The van der Waals surface area contributed by atoms with Gasteiger partial charge < -0.3 is 10.6 Å². The van der Waals surface area contributed by atoms with E-state index in [9.17, 15) is 4.79 Å². The number of pyridine rings is 1. The van der Waals surface area contributed by atoms with Crippen molar-refractivity contribution in [2.45, 2.75) is 5.75 Å². The SMILES string of the molecule is Cl.Cl.O=C(CSCc1cccnc1)NCC1CNC1. The van der Waals surface area contributed by atoms with Gasteiger partial charge in [0.15, 0.2) is 0 Å². The average molecular weight is 324 g/mol. The van der Waals surface area contributed by atoms with Crippen LogP contribution in [0.15, 0.2) is 24.5 Å². The van der Waals surface area contributed by atoms with E-state index < -0.39 is 0 Å². The van der Waals surface area contributed by atoms with E-state index in [2.05, 4.69) is 15.6 Å². The minimum Gasteiger partial charge on any atom is -0.355 e. The van der Waals surface area contributed by atoms with Crippen LogP contribution in [0.4, 0.5) is 0 Å².